The fourth-order valence-electron chi connectivity index (χ4n) is 2.42. The van der Waals surface area contributed by atoms with Crippen molar-refractivity contribution < 1.29 is 0 Å². The van der Waals surface area contributed by atoms with Crippen LogP contribution in [0.2, 0.25) is 0 Å². The molecule has 1 N–H and O–H groups in total. The first-order valence-electron chi connectivity index (χ1n) is 5.26. The molecule has 2 heteroatoms. The molecule has 0 radical (unpaired) electrons. The van der Waals surface area contributed by atoms with Crippen LogP contribution in [0.1, 0.15) is 33.1 Å². The summed E-state index contributed by atoms with van der Waals surface area (Å²) in [5.41, 5.74) is 0. The minimum atomic E-state index is 0.689. The zero-order chi connectivity index (χ0) is 8.55. The predicted molar refractivity (Wildman–Crippen MR) is 51.3 cm³/mol. The number of nitrogens with zero attached hydrogens (tertiary/aromatic N) is 1. The molecule has 70 valence electrons. The predicted octanol–water partition coefficient (Wildman–Crippen LogP) is 1.22. The molecular formula is C10H20N2. The minimum Gasteiger partial charge on any atom is -0.309 e. The molecule has 2 atom stereocenters. The van der Waals surface area contributed by atoms with Crippen molar-refractivity contribution in [3.8, 4) is 0 Å². The maximum absolute atomic E-state index is 3.57. The Balaban J connectivity index is 1.87. The molecule has 1 saturated carbocycles. The van der Waals surface area contributed by atoms with E-state index in [0.717, 1.165) is 6.04 Å². The SMILES string of the molecule is CC1CN(C2CCC2)CC(C)N1. The molecule has 2 rings (SSSR count). The van der Waals surface area contributed by atoms with Crippen LogP contribution in [-0.4, -0.2) is 36.1 Å². The van der Waals surface area contributed by atoms with E-state index < -0.39 is 0 Å². The average Bonchev–Trinajstić information content (AvgIpc) is 1.79. The summed E-state index contributed by atoms with van der Waals surface area (Å²) >= 11 is 0. The van der Waals surface area contributed by atoms with E-state index in [1.54, 1.807) is 0 Å². The minimum absolute atomic E-state index is 0.689. The van der Waals surface area contributed by atoms with Crippen molar-refractivity contribution in [2.75, 3.05) is 13.1 Å². The molecule has 2 aliphatic rings. The summed E-state index contributed by atoms with van der Waals surface area (Å²) in [6.07, 6.45) is 4.34. The van der Waals surface area contributed by atoms with Crippen molar-refractivity contribution in [2.24, 2.45) is 0 Å². The van der Waals surface area contributed by atoms with E-state index in [0.29, 0.717) is 12.1 Å². The third-order valence-corrected chi connectivity index (χ3v) is 3.18. The van der Waals surface area contributed by atoms with Gasteiger partial charge in [0.15, 0.2) is 0 Å². The average molecular weight is 168 g/mol. The van der Waals surface area contributed by atoms with Crippen LogP contribution in [0.15, 0.2) is 0 Å². The van der Waals surface area contributed by atoms with Gasteiger partial charge in [0.2, 0.25) is 0 Å². The molecule has 1 saturated heterocycles. The molecule has 1 aliphatic carbocycles. The van der Waals surface area contributed by atoms with E-state index >= 15 is 0 Å². The van der Waals surface area contributed by atoms with Crippen LogP contribution in [0.4, 0.5) is 0 Å². The van der Waals surface area contributed by atoms with Gasteiger partial charge in [0.05, 0.1) is 0 Å². The van der Waals surface area contributed by atoms with E-state index in [9.17, 15) is 0 Å². The molecule has 0 spiro atoms. The van der Waals surface area contributed by atoms with Crippen LogP contribution in [-0.2, 0) is 0 Å². The Morgan fingerprint density at radius 1 is 1.08 bits per heavy atom. The molecule has 0 aromatic rings. The molecule has 1 heterocycles. The third kappa shape index (κ3) is 1.64. The highest BCUT2D eigenvalue weighted by molar-refractivity contribution is 4.88. The largest absolute Gasteiger partial charge is 0.309 e. The fraction of sp³-hybridized carbons (Fsp3) is 1.00. The van der Waals surface area contributed by atoms with Crippen molar-refractivity contribution in [1.29, 1.82) is 0 Å². The Morgan fingerprint density at radius 3 is 2.08 bits per heavy atom. The van der Waals surface area contributed by atoms with Crippen molar-refractivity contribution in [3.05, 3.63) is 0 Å². The quantitative estimate of drug-likeness (QED) is 0.633. The number of rotatable bonds is 1. The topological polar surface area (TPSA) is 15.3 Å². The Hall–Kier alpha value is -0.0800. The molecular weight excluding hydrogens is 148 g/mol. The van der Waals surface area contributed by atoms with Crippen LogP contribution in [0.5, 0.6) is 0 Å². The van der Waals surface area contributed by atoms with E-state index in [4.69, 9.17) is 0 Å². The number of nitrogens with one attached hydrogen (secondary N) is 1. The lowest BCUT2D eigenvalue weighted by atomic mass is 9.90. The monoisotopic (exact) mass is 168 g/mol. The molecule has 2 unspecified atom stereocenters. The smallest absolute Gasteiger partial charge is 0.0169 e. The van der Waals surface area contributed by atoms with Crippen LogP contribution < -0.4 is 5.32 Å². The van der Waals surface area contributed by atoms with Crippen LogP contribution in [0, 0.1) is 0 Å². The molecule has 1 aliphatic heterocycles. The Labute approximate surface area is 75.3 Å². The summed E-state index contributed by atoms with van der Waals surface area (Å²) in [4.78, 5) is 2.68. The van der Waals surface area contributed by atoms with Gasteiger partial charge in [-0.15, -0.1) is 0 Å². The van der Waals surface area contributed by atoms with Gasteiger partial charge in [-0.05, 0) is 26.7 Å². The van der Waals surface area contributed by atoms with Gasteiger partial charge < -0.3 is 5.32 Å². The van der Waals surface area contributed by atoms with Gasteiger partial charge in [0.25, 0.3) is 0 Å². The van der Waals surface area contributed by atoms with Crippen LogP contribution in [0.25, 0.3) is 0 Å². The normalized spacial score (nSPS) is 39.5. The van der Waals surface area contributed by atoms with Gasteiger partial charge in [-0.25, -0.2) is 0 Å². The van der Waals surface area contributed by atoms with Crippen LogP contribution in [0.3, 0.4) is 0 Å². The van der Waals surface area contributed by atoms with E-state index in [2.05, 4.69) is 24.1 Å². The Kier molecular flexibility index (Phi) is 2.37. The maximum Gasteiger partial charge on any atom is 0.0169 e. The van der Waals surface area contributed by atoms with Gasteiger partial charge in [-0.1, -0.05) is 6.42 Å². The second-order valence-corrected chi connectivity index (χ2v) is 4.51. The van der Waals surface area contributed by atoms with Crippen molar-refractivity contribution in [2.45, 2.75) is 51.2 Å². The maximum atomic E-state index is 3.57. The van der Waals surface area contributed by atoms with Crippen LogP contribution >= 0.6 is 0 Å². The lowest BCUT2D eigenvalue weighted by Gasteiger charge is -2.44. The molecule has 2 fully saturated rings. The summed E-state index contributed by atoms with van der Waals surface area (Å²) in [5, 5.41) is 3.57. The first-order valence-corrected chi connectivity index (χ1v) is 5.26. The second-order valence-electron chi connectivity index (χ2n) is 4.51. The van der Waals surface area contributed by atoms with E-state index in [-0.39, 0.29) is 0 Å². The molecule has 0 amide bonds. The lowest BCUT2D eigenvalue weighted by Crippen LogP contribution is -2.58. The van der Waals surface area contributed by atoms with Gasteiger partial charge in [0.1, 0.15) is 0 Å². The highest BCUT2D eigenvalue weighted by Crippen LogP contribution is 2.26. The zero-order valence-electron chi connectivity index (χ0n) is 8.21. The number of hydrogen-bond donors (Lipinski definition) is 1. The first kappa shape index (κ1) is 8.52. The first-order chi connectivity index (χ1) is 5.75. The third-order valence-electron chi connectivity index (χ3n) is 3.18. The molecule has 0 bridgehead atoms. The van der Waals surface area contributed by atoms with Gasteiger partial charge >= 0.3 is 0 Å². The van der Waals surface area contributed by atoms with Gasteiger partial charge in [0, 0.05) is 31.2 Å². The second kappa shape index (κ2) is 3.35. The van der Waals surface area contributed by atoms with Crippen molar-refractivity contribution in [1.82, 2.24) is 10.2 Å². The summed E-state index contributed by atoms with van der Waals surface area (Å²) < 4.78 is 0. The fourth-order valence-corrected chi connectivity index (χ4v) is 2.42. The summed E-state index contributed by atoms with van der Waals surface area (Å²) in [7, 11) is 0. The number of piperazine rings is 1. The molecule has 12 heavy (non-hydrogen) atoms. The highest BCUT2D eigenvalue weighted by Gasteiger charge is 2.29. The summed E-state index contributed by atoms with van der Waals surface area (Å²) in [6, 6.07) is 2.31. The molecule has 0 aromatic heterocycles. The molecule has 0 aromatic carbocycles. The van der Waals surface area contributed by atoms with Gasteiger partial charge in [-0.3, -0.25) is 4.90 Å². The summed E-state index contributed by atoms with van der Waals surface area (Å²) in [5.74, 6) is 0. The zero-order valence-corrected chi connectivity index (χ0v) is 8.21. The molecule has 2 nitrogen and oxygen atoms in total. The van der Waals surface area contributed by atoms with E-state index in [1.165, 1.54) is 32.4 Å². The van der Waals surface area contributed by atoms with Crippen molar-refractivity contribution >= 4 is 0 Å². The Bertz CT molecular complexity index is 144. The Morgan fingerprint density at radius 2 is 1.67 bits per heavy atom. The van der Waals surface area contributed by atoms with Gasteiger partial charge in [-0.2, -0.15) is 0 Å². The van der Waals surface area contributed by atoms with E-state index in [1.807, 2.05) is 0 Å². The summed E-state index contributed by atoms with van der Waals surface area (Å²) in [6.45, 7) is 7.10. The number of hydrogen-bond acceptors (Lipinski definition) is 2. The lowest BCUT2D eigenvalue weighted by molar-refractivity contribution is 0.0775. The van der Waals surface area contributed by atoms with Crippen molar-refractivity contribution in [3.63, 3.8) is 0 Å². The standard InChI is InChI=1S/C10H20N2/c1-8-6-12(7-9(2)11-8)10-4-3-5-10/h8-11H,3-7H2,1-2H3. The highest BCUT2D eigenvalue weighted by atomic mass is 15.2.